The molecular formula is C59H91NO16. The summed E-state index contributed by atoms with van der Waals surface area (Å²) in [5, 5.41) is 32.4. The Kier molecular flexibility index (Phi) is 26.4. The van der Waals surface area contributed by atoms with Crippen LogP contribution in [0.4, 0.5) is 0 Å². The SMILES string of the molecule is CO[C@H]1C[C@@H]2CC[C@@H](C)[C@@](O)(O2)C(=O)C(=O)N2CCCC[C@H]2C(=O)O[C@H]([C@H](C)C[C@@H]2CC[C@@H](OC(=O)CCCCCCC(=O)O)[C@H](OC)C2)CC(=O)[C@H](C)/C=C(\C)[C@@H](O)[C@@H](OC)C(=O)[C@H](C)C[C@H](C)/C=C/C=C/C=C/1C. The van der Waals surface area contributed by atoms with E-state index in [9.17, 15) is 43.8 Å². The highest BCUT2D eigenvalue weighted by molar-refractivity contribution is 6.39. The summed E-state index contributed by atoms with van der Waals surface area (Å²) in [6, 6.07) is -1.19. The number of hydrogen-bond donors (Lipinski definition) is 3. The van der Waals surface area contributed by atoms with Crippen LogP contribution in [0, 0.1) is 35.5 Å². The topological polar surface area (TPSA) is 239 Å². The van der Waals surface area contributed by atoms with Crippen LogP contribution in [0.3, 0.4) is 0 Å². The number of ether oxygens (including phenoxy) is 6. The van der Waals surface area contributed by atoms with Crippen LogP contribution in [0.1, 0.15) is 164 Å². The van der Waals surface area contributed by atoms with Gasteiger partial charge in [-0.15, -0.1) is 0 Å². The number of amides is 1. The molecule has 4 rings (SSSR count). The van der Waals surface area contributed by atoms with Crippen LogP contribution >= 0.6 is 0 Å². The van der Waals surface area contributed by atoms with Gasteiger partial charge >= 0.3 is 17.9 Å². The Morgan fingerprint density at radius 3 is 2.20 bits per heavy atom. The lowest BCUT2D eigenvalue weighted by Crippen LogP contribution is -2.61. The van der Waals surface area contributed by atoms with E-state index in [-0.39, 0.29) is 61.6 Å². The predicted octanol–water partition coefficient (Wildman–Crippen LogP) is 8.16. The third-order valence-corrected chi connectivity index (χ3v) is 16.3. The fourth-order valence-corrected chi connectivity index (χ4v) is 11.4. The molecule has 0 aromatic rings. The molecule has 2 saturated heterocycles. The summed E-state index contributed by atoms with van der Waals surface area (Å²) in [6.45, 7) is 12.6. The fourth-order valence-electron chi connectivity index (χ4n) is 11.4. The molecule has 0 unspecified atom stereocenters. The number of aliphatic carboxylic acids is 1. The largest absolute Gasteiger partial charge is 0.481 e. The number of unbranched alkanes of at least 4 members (excludes halogenated alkanes) is 3. The Morgan fingerprint density at radius 1 is 0.816 bits per heavy atom. The van der Waals surface area contributed by atoms with Crippen molar-refractivity contribution in [1.29, 1.82) is 0 Å². The van der Waals surface area contributed by atoms with Crippen LogP contribution in [-0.2, 0) is 62.0 Å². The number of methoxy groups -OCH3 is 3. The van der Waals surface area contributed by atoms with Crippen LogP contribution in [0.25, 0.3) is 0 Å². The van der Waals surface area contributed by atoms with Crippen molar-refractivity contribution >= 4 is 41.2 Å². The first-order valence-corrected chi connectivity index (χ1v) is 27.9. The number of esters is 2. The van der Waals surface area contributed by atoms with E-state index in [1.54, 1.807) is 48.0 Å². The van der Waals surface area contributed by atoms with Crippen molar-refractivity contribution < 1.29 is 77.3 Å². The number of carbonyl (C=O) groups excluding carboxylic acids is 6. The second-order valence-electron chi connectivity index (χ2n) is 22.4. The number of fused-ring (bicyclic) bond motifs is 3. The Labute approximate surface area is 451 Å². The molecule has 3 heterocycles. The molecule has 3 N–H and O–H groups in total. The molecule has 0 aromatic heterocycles. The van der Waals surface area contributed by atoms with Crippen molar-refractivity contribution in [1.82, 2.24) is 4.90 Å². The molecule has 17 heteroatoms. The third kappa shape index (κ3) is 18.6. The first kappa shape index (κ1) is 64.1. The van der Waals surface area contributed by atoms with Crippen molar-refractivity contribution in [3.63, 3.8) is 0 Å². The van der Waals surface area contributed by atoms with Gasteiger partial charge in [0.15, 0.2) is 5.78 Å². The average molecular weight is 1070 g/mol. The van der Waals surface area contributed by atoms with Crippen molar-refractivity contribution in [2.45, 2.75) is 219 Å². The summed E-state index contributed by atoms with van der Waals surface area (Å²) in [5.41, 5.74) is 1.23. The molecule has 1 saturated carbocycles. The van der Waals surface area contributed by atoms with Crippen molar-refractivity contribution in [2.24, 2.45) is 35.5 Å². The zero-order chi connectivity index (χ0) is 56.3. The lowest BCUT2D eigenvalue weighted by Gasteiger charge is -2.42. The van der Waals surface area contributed by atoms with Crippen LogP contribution in [0.5, 0.6) is 0 Å². The van der Waals surface area contributed by atoms with E-state index in [0.29, 0.717) is 89.0 Å². The number of aliphatic hydroxyl groups is 2. The Bertz CT molecular complexity index is 2080. The number of hydrogen-bond acceptors (Lipinski definition) is 15. The van der Waals surface area contributed by atoms with Gasteiger partial charge in [-0.1, -0.05) is 83.9 Å². The van der Waals surface area contributed by atoms with Gasteiger partial charge in [-0.2, -0.15) is 0 Å². The maximum Gasteiger partial charge on any atom is 0.329 e. The molecule has 2 bridgehead atoms. The summed E-state index contributed by atoms with van der Waals surface area (Å²) >= 11 is 0. The number of Topliss-reactive ketones (excluding diaryl/α,β-unsaturated/α-hetero) is 3. The minimum atomic E-state index is -2.46. The van der Waals surface area contributed by atoms with E-state index < -0.39 is 102 Å². The van der Waals surface area contributed by atoms with Gasteiger partial charge in [0.25, 0.3) is 11.7 Å². The zero-order valence-corrected chi connectivity index (χ0v) is 47.1. The highest BCUT2D eigenvalue weighted by Crippen LogP contribution is 2.38. The van der Waals surface area contributed by atoms with Crippen LogP contribution in [0.15, 0.2) is 47.6 Å². The predicted molar refractivity (Wildman–Crippen MR) is 284 cm³/mol. The molecule has 4 aliphatic rings. The van der Waals surface area contributed by atoms with Crippen LogP contribution in [0.2, 0.25) is 0 Å². The molecule has 3 aliphatic heterocycles. The highest BCUT2D eigenvalue weighted by atomic mass is 16.6. The number of aliphatic hydroxyl groups excluding tert-OH is 1. The van der Waals surface area contributed by atoms with Crippen molar-refractivity contribution in [3.8, 4) is 0 Å². The number of carboxylic acid groups (broad SMARTS) is 1. The van der Waals surface area contributed by atoms with Gasteiger partial charge in [0.05, 0.1) is 18.3 Å². The second-order valence-corrected chi connectivity index (χ2v) is 22.4. The Hall–Kier alpha value is -4.39. The van der Waals surface area contributed by atoms with E-state index in [0.717, 1.165) is 12.0 Å². The minimum Gasteiger partial charge on any atom is -0.481 e. The van der Waals surface area contributed by atoms with E-state index in [2.05, 4.69) is 0 Å². The Morgan fingerprint density at radius 2 is 1.53 bits per heavy atom. The number of piperidine rings is 1. The summed E-state index contributed by atoms with van der Waals surface area (Å²) in [4.78, 5) is 96.3. The molecule has 0 spiro atoms. The second kappa shape index (κ2) is 31.3. The highest BCUT2D eigenvalue weighted by Gasteiger charge is 2.53. The average Bonchev–Trinajstić information content (AvgIpc) is 3.39. The standard InChI is InChI=1S/C59H91NO16/c1-36-20-14-13-15-21-37(2)48(71-8)34-44-27-25-42(7)59(70,76-44)56(67)57(68)60-29-19-18-22-45(60)58(69)75-49(35-46(61)38(3)31-41(6)54(66)55(73-10)53(65)40(5)30-36)39(4)32-43-26-28-47(50(33-43)72-9)74-52(64)24-17-12-11-16-23-51(62)63/h13-15,20-21,31,36,38-40,42-45,47-50,54-55,66,70H,11-12,16-19,22-30,32-35H2,1-10H3,(H,62,63)/b15-13+,20-14+,37-21+,41-31+/t36-,38-,39-,40-,42-,43+,44+,45+,47-,48+,49+,50-,54-,55+,59-/m1/s1. The van der Waals surface area contributed by atoms with E-state index in [1.165, 1.54) is 12.0 Å². The summed E-state index contributed by atoms with van der Waals surface area (Å²) < 4.78 is 35.7. The molecule has 76 heavy (non-hydrogen) atoms. The van der Waals surface area contributed by atoms with E-state index in [1.807, 2.05) is 51.2 Å². The van der Waals surface area contributed by atoms with Gasteiger partial charge in [0.2, 0.25) is 5.79 Å². The normalized spacial score (nSPS) is 36.1. The third-order valence-electron chi connectivity index (χ3n) is 16.3. The number of carbonyl (C=O) groups is 7. The molecular weight excluding hydrogens is 979 g/mol. The Balaban J connectivity index is 1.63. The lowest BCUT2D eigenvalue weighted by molar-refractivity contribution is -0.265. The van der Waals surface area contributed by atoms with Gasteiger partial charge in [-0.05, 0) is 120 Å². The molecule has 17 nitrogen and oxygen atoms in total. The van der Waals surface area contributed by atoms with Gasteiger partial charge in [0, 0.05) is 71.3 Å². The maximum atomic E-state index is 14.6. The number of nitrogens with zero attached hydrogens (tertiary/aromatic N) is 1. The number of ketones is 3. The van der Waals surface area contributed by atoms with Gasteiger partial charge in [-0.3, -0.25) is 28.8 Å². The number of carboxylic acids is 1. The van der Waals surface area contributed by atoms with Crippen molar-refractivity contribution in [2.75, 3.05) is 27.9 Å². The first-order valence-electron chi connectivity index (χ1n) is 27.9. The molecule has 0 aromatic carbocycles. The summed E-state index contributed by atoms with van der Waals surface area (Å²) in [6.07, 6.45) is 13.4. The quantitative estimate of drug-likeness (QED) is 0.0644. The van der Waals surface area contributed by atoms with Gasteiger partial charge in [0.1, 0.15) is 36.2 Å². The number of allylic oxidation sites excluding steroid dienone is 6. The zero-order valence-electron chi connectivity index (χ0n) is 47.1. The maximum absolute atomic E-state index is 14.6. The van der Waals surface area contributed by atoms with E-state index in [4.69, 9.17) is 33.5 Å². The molecule has 428 valence electrons. The molecule has 1 aliphatic carbocycles. The minimum absolute atomic E-state index is 0.00292. The molecule has 1 amide bonds. The lowest BCUT2D eigenvalue weighted by atomic mass is 9.78. The molecule has 15 atom stereocenters. The molecule has 3 fully saturated rings. The molecule has 0 radical (unpaired) electrons. The smallest absolute Gasteiger partial charge is 0.329 e. The first-order chi connectivity index (χ1) is 36.0. The van der Waals surface area contributed by atoms with E-state index >= 15 is 0 Å². The van der Waals surface area contributed by atoms with Gasteiger partial charge < -0.3 is 48.6 Å². The number of rotatable bonds is 14. The number of cyclic esters (lactones) is 1. The van der Waals surface area contributed by atoms with Crippen LogP contribution < -0.4 is 0 Å². The fraction of sp³-hybridized carbons (Fsp3) is 0.746. The van der Waals surface area contributed by atoms with Crippen LogP contribution in [-0.4, -0.2) is 144 Å². The van der Waals surface area contributed by atoms with Gasteiger partial charge in [-0.25, -0.2) is 4.79 Å². The summed E-state index contributed by atoms with van der Waals surface area (Å²) in [5.74, 6) is -9.60. The monoisotopic (exact) mass is 1070 g/mol. The van der Waals surface area contributed by atoms with Crippen molar-refractivity contribution in [3.05, 3.63) is 47.6 Å². The summed E-state index contributed by atoms with van der Waals surface area (Å²) in [7, 11) is 4.50.